The number of hydrogen-bond donors (Lipinski definition) is 0. The highest BCUT2D eigenvalue weighted by Crippen LogP contribution is 2.46. The van der Waals surface area contributed by atoms with Gasteiger partial charge in [-0.3, -0.25) is 0 Å². The number of rotatable bonds is 1. The highest BCUT2D eigenvalue weighted by Gasteiger charge is 2.33. The van der Waals surface area contributed by atoms with Crippen LogP contribution in [-0.4, -0.2) is 31.2 Å². The van der Waals surface area contributed by atoms with Crippen LogP contribution in [0.5, 0.6) is 0 Å². The molecule has 2 rings (SSSR count). The van der Waals surface area contributed by atoms with Gasteiger partial charge in [0.2, 0.25) is 0 Å². The maximum atomic E-state index is 2.36. The van der Waals surface area contributed by atoms with Gasteiger partial charge >= 0.3 is 0 Å². The molecule has 4 unspecified atom stereocenters. The normalized spacial score (nSPS) is 46.6. The molecule has 0 aromatic carbocycles. The minimum Gasteiger partial charge on any atom is -0.148 e. The summed E-state index contributed by atoms with van der Waals surface area (Å²) in [6.07, 6.45) is 1.44. The van der Waals surface area contributed by atoms with Crippen molar-refractivity contribution >= 4 is 47.0 Å². The molecule has 0 aromatic heterocycles. The zero-order valence-electron chi connectivity index (χ0n) is 8.06. The fraction of sp³-hybridized carbons (Fsp3) is 1.00. The minimum atomic E-state index is 0.834. The SMILES string of the molecule is CC1SCCC(C2CSC(C)S2)S1. The molecule has 2 fully saturated rings. The fourth-order valence-electron chi connectivity index (χ4n) is 1.73. The van der Waals surface area contributed by atoms with Gasteiger partial charge in [0.15, 0.2) is 0 Å². The summed E-state index contributed by atoms with van der Waals surface area (Å²) in [4.78, 5) is 0. The van der Waals surface area contributed by atoms with Gasteiger partial charge in [-0.2, -0.15) is 0 Å². The van der Waals surface area contributed by atoms with Gasteiger partial charge in [0.05, 0.1) is 0 Å². The van der Waals surface area contributed by atoms with Crippen LogP contribution >= 0.6 is 47.0 Å². The van der Waals surface area contributed by atoms with Crippen LogP contribution in [0.15, 0.2) is 0 Å². The lowest BCUT2D eigenvalue weighted by Gasteiger charge is -2.29. The predicted octanol–water partition coefficient (Wildman–Crippen LogP) is 3.77. The molecule has 4 atom stereocenters. The second kappa shape index (κ2) is 4.95. The Morgan fingerprint density at radius 1 is 0.923 bits per heavy atom. The first-order valence-electron chi connectivity index (χ1n) is 4.80. The first kappa shape index (κ1) is 10.9. The molecular formula is C9H16S4. The number of hydrogen-bond acceptors (Lipinski definition) is 4. The third-order valence-electron chi connectivity index (χ3n) is 2.40. The van der Waals surface area contributed by atoms with Gasteiger partial charge in [-0.15, -0.1) is 47.0 Å². The predicted molar refractivity (Wildman–Crippen MR) is 71.2 cm³/mol. The molecule has 2 aliphatic rings. The van der Waals surface area contributed by atoms with E-state index < -0.39 is 0 Å². The van der Waals surface area contributed by atoms with Crippen LogP contribution in [0.3, 0.4) is 0 Å². The summed E-state index contributed by atoms with van der Waals surface area (Å²) in [6.45, 7) is 4.71. The smallest absolute Gasteiger partial charge is 0.0478 e. The average Bonchev–Trinajstić information content (AvgIpc) is 2.52. The van der Waals surface area contributed by atoms with Gasteiger partial charge < -0.3 is 0 Å². The topological polar surface area (TPSA) is 0 Å². The Bertz CT molecular complexity index is 173. The van der Waals surface area contributed by atoms with Crippen molar-refractivity contribution in [3.63, 3.8) is 0 Å². The maximum Gasteiger partial charge on any atom is 0.0478 e. The van der Waals surface area contributed by atoms with Gasteiger partial charge in [0.1, 0.15) is 0 Å². The Morgan fingerprint density at radius 3 is 2.23 bits per heavy atom. The quantitative estimate of drug-likeness (QED) is 0.696. The Morgan fingerprint density at radius 2 is 1.62 bits per heavy atom. The molecular weight excluding hydrogens is 236 g/mol. The van der Waals surface area contributed by atoms with E-state index in [1.807, 2.05) is 0 Å². The molecule has 0 saturated carbocycles. The monoisotopic (exact) mass is 252 g/mol. The Kier molecular flexibility index (Phi) is 4.15. The van der Waals surface area contributed by atoms with E-state index in [0.717, 1.165) is 19.7 Å². The summed E-state index contributed by atoms with van der Waals surface area (Å²) < 4.78 is 1.68. The highest BCUT2D eigenvalue weighted by molar-refractivity contribution is 8.22. The molecule has 0 amide bonds. The molecule has 4 heteroatoms. The molecule has 0 nitrogen and oxygen atoms in total. The summed E-state index contributed by atoms with van der Waals surface area (Å²) in [5.41, 5.74) is 0. The van der Waals surface area contributed by atoms with E-state index in [-0.39, 0.29) is 0 Å². The lowest BCUT2D eigenvalue weighted by molar-refractivity contribution is 0.818. The third-order valence-corrected chi connectivity index (χ3v) is 8.75. The van der Waals surface area contributed by atoms with Crippen LogP contribution in [0.2, 0.25) is 0 Å². The van der Waals surface area contributed by atoms with Gasteiger partial charge in [0, 0.05) is 25.4 Å². The van der Waals surface area contributed by atoms with Crippen molar-refractivity contribution in [1.29, 1.82) is 0 Å². The first-order chi connectivity index (χ1) is 6.25. The Hall–Kier alpha value is 1.40. The summed E-state index contributed by atoms with van der Waals surface area (Å²) >= 11 is 8.69. The van der Waals surface area contributed by atoms with Gasteiger partial charge in [-0.05, 0) is 26.0 Å². The third kappa shape index (κ3) is 2.93. The second-order valence-electron chi connectivity index (χ2n) is 3.48. The summed E-state index contributed by atoms with van der Waals surface area (Å²) in [6, 6.07) is 0. The van der Waals surface area contributed by atoms with E-state index in [1.165, 1.54) is 17.9 Å². The van der Waals surface area contributed by atoms with E-state index in [2.05, 4.69) is 60.9 Å². The van der Waals surface area contributed by atoms with Crippen LogP contribution in [0, 0.1) is 0 Å². The van der Waals surface area contributed by atoms with Crippen LogP contribution in [0.4, 0.5) is 0 Å². The van der Waals surface area contributed by atoms with E-state index in [0.29, 0.717) is 0 Å². The van der Waals surface area contributed by atoms with Crippen molar-refractivity contribution in [2.24, 2.45) is 0 Å². The van der Waals surface area contributed by atoms with Crippen molar-refractivity contribution in [2.75, 3.05) is 11.5 Å². The van der Waals surface area contributed by atoms with Crippen molar-refractivity contribution in [3.05, 3.63) is 0 Å². The molecule has 13 heavy (non-hydrogen) atoms. The highest BCUT2D eigenvalue weighted by atomic mass is 32.2. The zero-order chi connectivity index (χ0) is 9.26. The van der Waals surface area contributed by atoms with E-state index in [4.69, 9.17) is 0 Å². The lowest BCUT2D eigenvalue weighted by Crippen LogP contribution is -2.25. The molecule has 0 aromatic rings. The molecule has 0 aliphatic carbocycles. The van der Waals surface area contributed by atoms with Crippen LogP contribution in [-0.2, 0) is 0 Å². The van der Waals surface area contributed by atoms with Crippen LogP contribution in [0.1, 0.15) is 20.3 Å². The molecule has 2 heterocycles. The number of thioether (sulfide) groups is 4. The lowest BCUT2D eigenvalue weighted by atomic mass is 10.2. The van der Waals surface area contributed by atoms with Gasteiger partial charge in [0.25, 0.3) is 0 Å². The van der Waals surface area contributed by atoms with E-state index in [9.17, 15) is 0 Å². The molecule has 0 bridgehead atoms. The molecule has 0 N–H and O–H groups in total. The molecule has 2 saturated heterocycles. The van der Waals surface area contributed by atoms with Crippen LogP contribution < -0.4 is 0 Å². The largest absolute Gasteiger partial charge is 0.148 e. The van der Waals surface area contributed by atoms with Crippen molar-refractivity contribution in [2.45, 2.75) is 39.9 Å². The minimum absolute atomic E-state index is 0.834. The Balaban J connectivity index is 1.85. The maximum absolute atomic E-state index is 2.36. The van der Waals surface area contributed by atoms with E-state index in [1.54, 1.807) is 0 Å². The summed E-state index contributed by atoms with van der Waals surface area (Å²) in [7, 11) is 0. The average molecular weight is 252 g/mol. The molecule has 0 radical (unpaired) electrons. The van der Waals surface area contributed by atoms with Gasteiger partial charge in [-0.1, -0.05) is 0 Å². The van der Waals surface area contributed by atoms with Crippen LogP contribution in [0.25, 0.3) is 0 Å². The molecule has 2 aliphatic heterocycles. The standard InChI is InChI=1S/C9H16S4/c1-6-10-4-3-8(12-6)9-5-11-7(2)13-9/h6-9H,3-5H2,1-2H3. The van der Waals surface area contributed by atoms with E-state index >= 15 is 0 Å². The first-order valence-corrected chi connectivity index (χ1v) is 8.78. The van der Waals surface area contributed by atoms with Gasteiger partial charge in [-0.25, -0.2) is 0 Å². The van der Waals surface area contributed by atoms with Crippen molar-refractivity contribution < 1.29 is 0 Å². The van der Waals surface area contributed by atoms with Crippen molar-refractivity contribution in [3.8, 4) is 0 Å². The summed E-state index contributed by atoms with van der Waals surface area (Å²) in [5.74, 6) is 2.77. The molecule has 0 spiro atoms. The zero-order valence-corrected chi connectivity index (χ0v) is 11.3. The fourth-order valence-corrected chi connectivity index (χ4v) is 8.18. The summed E-state index contributed by atoms with van der Waals surface area (Å²) in [5, 5.41) is 1.88. The molecule has 76 valence electrons. The van der Waals surface area contributed by atoms with Crippen molar-refractivity contribution in [1.82, 2.24) is 0 Å². The Labute approximate surface area is 98.1 Å². The second-order valence-corrected chi connectivity index (χ2v) is 10.1.